The lowest BCUT2D eigenvalue weighted by Gasteiger charge is -1.99. The summed E-state index contributed by atoms with van der Waals surface area (Å²) in [4.78, 5) is 4.48. The Morgan fingerprint density at radius 1 is 1.15 bits per heavy atom. The number of hydrogen-bond acceptors (Lipinski definition) is 1. The van der Waals surface area contributed by atoms with Crippen molar-refractivity contribution >= 4 is 11.4 Å². The van der Waals surface area contributed by atoms with Gasteiger partial charge in [0.1, 0.15) is 0 Å². The van der Waals surface area contributed by atoms with E-state index >= 15 is 0 Å². The fourth-order valence-electron chi connectivity index (χ4n) is 0.993. The number of hydrogen-bond donors (Lipinski definition) is 0. The zero-order valence-corrected chi connectivity index (χ0v) is 8.41. The van der Waals surface area contributed by atoms with Gasteiger partial charge in [0.2, 0.25) is 0 Å². The highest BCUT2D eigenvalue weighted by Crippen LogP contribution is 2.12. The third-order valence-corrected chi connectivity index (χ3v) is 2.06. The maximum Gasteiger partial charge on any atom is 0.0632 e. The van der Waals surface area contributed by atoms with Crippen molar-refractivity contribution in [3.63, 3.8) is 0 Å². The molecule has 0 atom stereocenters. The summed E-state index contributed by atoms with van der Waals surface area (Å²) in [7, 11) is 0. The van der Waals surface area contributed by atoms with Gasteiger partial charge in [-0.15, -0.1) is 0 Å². The molecule has 0 aromatic heterocycles. The molecule has 0 amide bonds. The maximum absolute atomic E-state index is 4.48. The second kappa shape index (κ2) is 4.61. The predicted octanol–water partition coefficient (Wildman–Crippen LogP) is 3.75. The van der Waals surface area contributed by atoms with Crippen LogP contribution in [0.2, 0.25) is 0 Å². The Labute approximate surface area is 79.8 Å². The van der Waals surface area contributed by atoms with Gasteiger partial charge in [0.05, 0.1) is 5.69 Å². The predicted molar refractivity (Wildman–Crippen MR) is 58.6 cm³/mol. The van der Waals surface area contributed by atoms with E-state index in [0.29, 0.717) is 0 Å². The van der Waals surface area contributed by atoms with Crippen molar-refractivity contribution in [1.29, 1.82) is 0 Å². The van der Waals surface area contributed by atoms with E-state index in [1.807, 2.05) is 44.2 Å². The van der Waals surface area contributed by atoms with Gasteiger partial charge in [0, 0.05) is 5.71 Å². The average molecular weight is 173 g/mol. The molecule has 0 heterocycles. The van der Waals surface area contributed by atoms with Crippen LogP contribution in [0.15, 0.2) is 47.0 Å². The largest absolute Gasteiger partial charge is 0.254 e. The first-order chi connectivity index (χ1) is 6.24. The van der Waals surface area contributed by atoms with Gasteiger partial charge in [-0.05, 0) is 38.5 Å². The van der Waals surface area contributed by atoms with Gasteiger partial charge < -0.3 is 0 Å². The number of benzene rings is 1. The van der Waals surface area contributed by atoms with Crippen LogP contribution in [0.5, 0.6) is 0 Å². The first-order valence-electron chi connectivity index (χ1n) is 4.47. The fourth-order valence-corrected chi connectivity index (χ4v) is 0.993. The first kappa shape index (κ1) is 9.72. The molecule has 0 aliphatic carbocycles. The maximum atomic E-state index is 4.48. The minimum atomic E-state index is 1.02. The topological polar surface area (TPSA) is 12.4 Å². The molecule has 1 aromatic carbocycles. The lowest BCUT2D eigenvalue weighted by Crippen LogP contribution is -1.91. The Hall–Kier alpha value is -1.37. The minimum absolute atomic E-state index is 1.02. The second-order valence-electron chi connectivity index (χ2n) is 3.00. The summed E-state index contributed by atoms with van der Waals surface area (Å²) >= 11 is 0. The monoisotopic (exact) mass is 173 g/mol. The van der Waals surface area contributed by atoms with Crippen LogP contribution in [0.4, 0.5) is 5.69 Å². The van der Waals surface area contributed by atoms with Crippen LogP contribution in [0.3, 0.4) is 0 Å². The van der Waals surface area contributed by atoms with Gasteiger partial charge in [-0.1, -0.05) is 24.3 Å². The average Bonchev–Trinajstić information content (AvgIpc) is 2.18. The number of rotatable bonds is 2. The molecule has 0 spiro atoms. The minimum Gasteiger partial charge on any atom is -0.254 e. The highest BCUT2D eigenvalue weighted by molar-refractivity contribution is 5.99. The third kappa shape index (κ3) is 2.86. The molecular formula is C12H15N. The van der Waals surface area contributed by atoms with Crippen LogP contribution in [-0.2, 0) is 0 Å². The molecular weight excluding hydrogens is 158 g/mol. The van der Waals surface area contributed by atoms with Crippen molar-refractivity contribution in [2.75, 3.05) is 0 Å². The van der Waals surface area contributed by atoms with Gasteiger partial charge in [-0.2, -0.15) is 0 Å². The molecule has 0 radical (unpaired) electrons. The summed E-state index contributed by atoms with van der Waals surface area (Å²) in [6.07, 6.45) is 2.07. The van der Waals surface area contributed by atoms with Gasteiger partial charge in [-0.25, -0.2) is 0 Å². The van der Waals surface area contributed by atoms with E-state index in [1.165, 1.54) is 5.57 Å². The summed E-state index contributed by atoms with van der Waals surface area (Å²) < 4.78 is 0. The molecule has 1 heteroatoms. The molecule has 0 unspecified atom stereocenters. The molecule has 0 saturated carbocycles. The molecule has 1 nitrogen and oxygen atoms in total. The SMILES string of the molecule is C/C=C(/C)C(C)=Nc1ccccc1. The normalized spacial score (nSPS) is 13.2. The Bertz CT molecular complexity index is 320. The first-order valence-corrected chi connectivity index (χ1v) is 4.47. The van der Waals surface area contributed by atoms with Gasteiger partial charge in [0.25, 0.3) is 0 Å². The number of para-hydroxylation sites is 1. The number of aliphatic imine (C=N–C) groups is 1. The van der Waals surface area contributed by atoms with E-state index < -0.39 is 0 Å². The van der Waals surface area contributed by atoms with Crippen LogP contribution in [0.1, 0.15) is 20.8 Å². The van der Waals surface area contributed by atoms with Crippen molar-refractivity contribution in [1.82, 2.24) is 0 Å². The quantitative estimate of drug-likeness (QED) is 0.604. The highest BCUT2D eigenvalue weighted by atomic mass is 14.7. The van der Waals surface area contributed by atoms with E-state index in [9.17, 15) is 0 Å². The molecule has 0 bridgehead atoms. The van der Waals surface area contributed by atoms with Crippen LogP contribution in [0, 0.1) is 0 Å². The van der Waals surface area contributed by atoms with Crippen molar-refractivity contribution in [2.24, 2.45) is 4.99 Å². The van der Waals surface area contributed by atoms with E-state index in [4.69, 9.17) is 0 Å². The second-order valence-corrected chi connectivity index (χ2v) is 3.00. The summed E-state index contributed by atoms with van der Waals surface area (Å²) in [6, 6.07) is 10.0. The van der Waals surface area contributed by atoms with Gasteiger partial charge in [0.15, 0.2) is 0 Å². The van der Waals surface area contributed by atoms with E-state index in [2.05, 4.69) is 18.0 Å². The van der Waals surface area contributed by atoms with Crippen molar-refractivity contribution in [3.05, 3.63) is 42.0 Å². The van der Waals surface area contributed by atoms with Crippen molar-refractivity contribution in [2.45, 2.75) is 20.8 Å². The van der Waals surface area contributed by atoms with E-state index in [0.717, 1.165) is 11.4 Å². The lowest BCUT2D eigenvalue weighted by molar-refractivity contribution is 1.43. The number of allylic oxidation sites excluding steroid dienone is 2. The smallest absolute Gasteiger partial charge is 0.0632 e. The van der Waals surface area contributed by atoms with Gasteiger partial charge in [-0.3, -0.25) is 4.99 Å². The van der Waals surface area contributed by atoms with E-state index in [1.54, 1.807) is 0 Å². The molecule has 0 aliphatic rings. The lowest BCUT2D eigenvalue weighted by atomic mass is 10.2. The van der Waals surface area contributed by atoms with Crippen LogP contribution < -0.4 is 0 Å². The summed E-state index contributed by atoms with van der Waals surface area (Å²) in [5.74, 6) is 0. The Kier molecular flexibility index (Phi) is 3.44. The molecule has 1 rings (SSSR count). The summed E-state index contributed by atoms with van der Waals surface area (Å²) in [5, 5.41) is 0. The molecule has 13 heavy (non-hydrogen) atoms. The fraction of sp³-hybridized carbons (Fsp3) is 0.250. The van der Waals surface area contributed by atoms with E-state index in [-0.39, 0.29) is 0 Å². The zero-order valence-electron chi connectivity index (χ0n) is 8.41. The molecule has 0 N–H and O–H groups in total. The molecule has 0 fully saturated rings. The molecule has 68 valence electrons. The van der Waals surface area contributed by atoms with Crippen molar-refractivity contribution < 1.29 is 0 Å². The Morgan fingerprint density at radius 2 is 1.77 bits per heavy atom. The van der Waals surface area contributed by atoms with Crippen LogP contribution in [0.25, 0.3) is 0 Å². The summed E-state index contributed by atoms with van der Waals surface area (Å²) in [6.45, 7) is 6.13. The van der Waals surface area contributed by atoms with Crippen LogP contribution in [-0.4, -0.2) is 5.71 Å². The Balaban J connectivity index is 2.89. The molecule has 1 aromatic rings. The number of nitrogens with zero attached hydrogens (tertiary/aromatic N) is 1. The van der Waals surface area contributed by atoms with Gasteiger partial charge >= 0.3 is 0 Å². The summed E-state index contributed by atoms with van der Waals surface area (Å²) in [5.41, 5.74) is 3.32. The third-order valence-electron chi connectivity index (χ3n) is 2.06. The Morgan fingerprint density at radius 3 is 2.31 bits per heavy atom. The molecule has 0 aliphatic heterocycles. The standard InChI is InChI=1S/C12H15N/c1-4-10(2)11(3)13-12-8-6-5-7-9-12/h4-9H,1-3H3/b10-4-,13-11?. The van der Waals surface area contributed by atoms with Crippen molar-refractivity contribution in [3.8, 4) is 0 Å². The highest BCUT2D eigenvalue weighted by Gasteiger charge is 1.92. The molecule has 0 saturated heterocycles. The zero-order chi connectivity index (χ0) is 9.68. The van der Waals surface area contributed by atoms with Crippen LogP contribution >= 0.6 is 0 Å².